The second-order valence-corrected chi connectivity index (χ2v) is 14.0. The maximum Gasteiger partial charge on any atom is 0.451 e. The van der Waals surface area contributed by atoms with Crippen LogP contribution in [0.4, 0.5) is 17.6 Å². The van der Waals surface area contributed by atoms with Gasteiger partial charge in [-0.2, -0.15) is 13.2 Å². The minimum absolute atomic E-state index is 0.0284. The van der Waals surface area contributed by atoms with E-state index in [1.165, 1.54) is 12.3 Å². The third kappa shape index (κ3) is 6.26. The largest absolute Gasteiger partial charge is 0.451 e. The lowest BCUT2D eigenvalue weighted by atomic mass is 9.88. The number of likely N-dealkylation sites (tertiary alicyclic amines) is 2. The van der Waals surface area contributed by atoms with Crippen molar-refractivity contribution in [2.45, 2.75) is 57.7 Å². The van der Waals surface area contributed by atoms with Gasteiger partial charge in [-0.1, -0.05) is 23.7 Å². The van der Waals surface area contributed by atoms with Crippen molar-refractivity contribution in [2.75, 3.05) is 26.2 Å². The number of H-pyrrole nitrogens is 1. The Balaban J connectivity index is 1.00. The summed E-state index contributed by atoms with van der Waals surface area (Å²) in [7, 11) is 0. The third-order valence-corrected chi connectivity index (χ3v) is 10.2. The summed E-state index contributed by atoms with van der Waals surface area (Å²) in [4.78, 5) is 27.7. The van der Waals surface area contributed by atoms with Gasteiger partial charge in [-0.25, -0.2) is 14.4 Å². The van der Waals surface area contributed by atoms with Gasteiger partial charge in [0.15, 0.2) is 23.0 Å². The fourth-order valence-corrected chi connectivity index (χ4v) is 7.42. The van der Waals surface area contributed by atoms with Crippen LogP contribution in [-0.2, 0) is 29.8 Å². The van der Waals surface area contributed by atoms with Gasteiger partial charge in [-0.3, -0.25) is 9.69 Å². The smallest absolute Gasteiger partial charge is 0.444 e. The van der Waals surface area contributed by atoms with E-state index < -0.39 is 23.6 Å². The number of hydrogen-bond acceptors (Lipinski definition) is 8. The van der Waals surface area contributed by atoms with Crippen molar-refractivity contribution in [3.8, 4) is 22.9 Å². The van der Waals surface area contributed by atoms with Crippen molar-refractivity contribution in [1.82, 2.24) is 39.5 Å². The first-order chi connectivity index (χ1) is 24.3. The third-order valence-electron chi connectivity index (χ3n) is 9.96. The number of amides is 1. The fraction of sp³-hybridized carbons (Fsp3) is 0.400. The molecule has 16 heteroatoms. The number of fused-ring (bicyclic) bond motifs is 2. The summed E-state index contributed by atoms with van der Waals surface area (Å²) >= 11 is 5.98. The molecule has 2 saturated heterocycles. The number of aromatic nitrogens is 6. The summed E-state index contributed by atoms with van der Waals surface area (Å²) in [5.74, 6) is -0.697. The molecule has 0 bridgehead atoms. The summed E-state index contributed by atoms with van der Waals surface area (Å²) in [5, 5.41) is 7.21. The molecule has 0 radical (unpaired) electrons. The Bertz CT molecular complexity index is 2140. The van der Waals surface area contributed by atoms with Gasteiger partial charge in [0.2, 0.25) is 11.7 Å². The molecule has 11 nitrogen and oxygen atoms in total. The molecular weight excluding hydrogens is 692 g/mol. The second-order valence-electron chi connectivity index (χ2n) is 13.5. The number of hydrogen-bond donors (Lipinski definition) is 1. The van der Waals surface area contributed by atoms with Crippen molar-refractivity contribution in [2.24, 2.45) is 5.92 Å². The number of ether oxygens (including phenoxy) is 2. The Morgan fingerprint density at radius 2 is 1.88 bits per heavy atom. The summed E-state index contributed by atoms with van der Waals surface area (Å²) in [6, 6.07) is 11.9. The number of imidazole rings is 1. The van der Waals surface area contributed by atoms with Crippen LogP contribution in [0.25, 0.3) is 22.6 Å². The Morgan fingerprint density at radius 3 is 2.59 bits per heavy atom. The van der Waals surface area contributed by atoms with Gasteiger partial charge in [-0.15, -0.1) is 10.2 Å². The lowest BCUT2D eigenvalue weighted by molar-refractivity contribution is -0.144. The van der Waals surface area contributed by atoms with Crippen molar-refractivity contribution in [3.63, 3.8) is 0 Å². The van der Waals surface area contributed by atoms with Gasteiger partial charge in [0.05, 0.1) is 12.1 Å². The average Bonchev–Trinajstić information content (AvgIpc) is 3.78. The topological polar surface area (TPSA) is 114 Å². The standard InChI is InChI=1S/C35H33ClF4N8O3/c1-19(49)47-15-20(16-47)17-48-29(42-27-12-22(14-41-32(27)48)31-43-33(45-44-31)35(38,39)40)18-46-10-8-21(9-11-46)24-4-3-5-28-30(24)51-34(2,50-28)25-7-6-23(36)13-26(25)37/h3-7,12-14,20-21H,8-11,15-18H2,1-2H3,(H,43,44,45). The van der Waals surface area contributed by atoms with Crippen LogP contribution in [0.5, 0.6) is 11.5 Å². The molecule has 5 aromatic rings. The first kappa shape index (κ1) is 33.4. The molecule has 3 aromatic heterocycles. The predicted molar refractivity (Wildman–Crippen MR) is 177 cm³/mol. The summed E-state index contributed by atoms with van der Waals surface area (Å²) < 4.78 is 69.0. The summed E-state index contributed by atoms with van der Waals surface area (Å²) in [6.45, 7) is 7.17. The van der Waals surface area contributed by atoms with Crippen molar-refractivity contribution in [1.29, 1.82) is 0 Å². The van der Waals surface area contributed by atoms with E-state index in [-0.39, 0.29) is 34.2 Å². The van der Waals surface area contributed by atoms with Gasteiger partial charge in [0, 0.05) is 61.7 Å². The van der Waals surface area contributed by atoms with Crippen LogP contribution in [0.2, 0.25) is 5.02 Å². The van der Waals surface area contributed by atoms with Crippen LogP contribution in [0.1, 0.15) is 55.4 Å². The minimum atomic E-state index is -4.65. The van der Waals surface area contributed by atoms with Crippen LogP contribution in [-0.4, -0.2) is 71.6 Å². The number of carbonyl (C=O) groups is 1. The molecule has 3 aliphatic rings. The molecule has 6 heterocycles. The molecule has 1 atom stereocenters. The zero-order valence-corrected chi connectivity index (χ0v) is 28.4. The number of aromatic amines is 1. The highest BCUT2D eigenvalue weighted by Gasteiger charge is 2.43. The number of para-hydroxylation sites is 1. The zero-order chi connectivity index (χ0) is 35.7. The average molecular weight is 725 g/mol. The quantitative estimate of drug-likeness (QED) is 0.189. The normalized spacial score (nSPS) is 19.9. The molecule has 0 aliphatic carbocycles. The molecule has 2 fully saturated rings. The fourth-order valence-electron chi connectivity index (χ4n) is 7.26. The van der Waals surface area contributed by atoms with Gasteiger partial charge < -0.3 is 23.9 Å². The van der Waals surface area contributed by atoms with Crippen LogP contribution in [0.3, 0.4) is 0 Å². The maximum atomic E-state index is 14.9. The van der Waals surface area contributed by atoms with Crippen molar-refractivity contribution in [3.05, 3.63) is 82.3 Å². The second kappa shape index (κ2) is 12.5. The van der Waals surface area contributed by atoms with Gasteiger partial charge in [0.1, 0.15) is 17.2 Å². The number of alkyl halides is 3. The number of carbonyl (C=O) groups excluding carboxylic acids is 1. The first-order valence-corrected chi connectivity index (χ1v) is 17.0. The van der Waals surface area contributed by atoms with E-state index in [0.29, 0.717) is 54.4 Å². The van der Waals surface area contributed by atoms with E-state index in [1.807, 2.05) is 18.2 Å². The Morgan fingerprint density at radius 1 is 1.10 bits per heavy atom. The highest BCUT2D eigenvalue weighted by molar-refractivity contribution is 6.30. The van der Waals surface area contributed by atoms with Crippen LogP contribution < -0.4 is 9.47 Å². The molecule has 2 aromatic carbocycles. The van der Waals surface area contributed by atoms with Gasteiger partial charge >= 0.3 is 6.18 Å². The molecule has 51 heavy (non-hydrogen) atoms. The van der Waals surface area contributed by atoms with Gasteiger partial charge in [-0.05, 0) is 62.2 Å². The van der Waals surface area contributed by atoms with E-state index in [4.69, 9.17) is 26.1 Å². The highest BCUT2D eigenvalue weighted by atomic mass is 35.5. The lowest BCUT2D eigenvalue weighted by Crippen LogP contribution is -2.50. The molecule has 1 amide bonds. The molecule has 8 rings (SSSR count). The SMILES string of the molecule is CC(=O)N1CC(Cn2c(CN3CCC(c4cccc5c4OC(C)(c4ccc(Cl)cc4F)O5)CC3)nc3cc(-c4nnc(C(F)(F)F)[nH]4)cnc32)C1. The first-order valence-electron chi connectivity index (χ1n) is 16.6. The number of benzene rings is 2. The molecule has 0 saturated carbocycles. The Labute approximate surface area is 294 Å². The number of halogens is 5. The van der Waals surface area contributed by atoms with E-state index in [1.54, 1.807) is 36.9 Å². The number of pyridine rings is 1. The molecule has 266 valence electrons. The van der Waals surface area contributed by atoms with Crippen molar-refractivity contribution >= 4 is 28.7 Å². The molecular formula is C35H33ClF4N8O3. The van der Waals surface area contributed by atoms with E-state index in [0.717, 1.165) is 37.3 Å². The maximum absolute atomic E-state index is 14.9. The Kier molecular flexibility index (Phi) is 8.17. The van der Waals surface area contributed by atoms with E-state index in [2.05, 4.69) is 29.6 Å². The predicted octanol–water partition coefficient (Wildman–Crippen LogP) is 6.53. The van der Waals surface area contributed by atoms with E-state index in [9.17, 15) is 22.4 Å². The number of piperidine rings is 1. The summed E-state index contributed by atoms with van der Waals surface area (Å²) in [5.41, 5.74) is 2.75. The molecule has 1 unspecified atom stereocenters. The molecule has 0 spiro atoms. The monoisotopic (exact) mass is 724 g/mol. The molecule has 1 N–H and O–H groups in total. The van der Waals surface area contributed by atoms with Gasteiger partial charge in [0.25, 0.3) is 5.79 Å². The van der Waals surface area contributed by atoms with Crippen LogP contribution in [0, 0.1) is 11.7 Å². The lowest BCUT2D eigenvalue weighted by Gasteiger charge is -2.39. The highest BCUT2D eigenvalue weighted by Crippen LogP contribution is 2.50. The molecule has 3 aliphatic heterocycles. The zero-order valence-electron chi connectivity index (χ0n) is 27.7. The number of nitrogens with one attached hydrogen (secondary N) is 1. The summed E-state index contributed by atoms with van der Waals surface area (Å²) in [6.07, 6.45) is -1.52. The Hall–Kier alpha value is -4.76. The number of nitrogens with zero attached hydrogens (tertiary/aromatic N) is 7. The van der Waals surface area contributed by atoms with Crippen molar-refractivity contribution < 1.29 is 31.8 Å². The minimum Gasteiger partial charge on any atom is -0.444 e. The van der Waals surface area contributed by atoms with E-state index >= 15 is 0 Å². The van der Waals surface area contributed by atoms with Crippen LogP contribution >= 0.6 is 11.6 Å². The van der Waals surface area contributed by atoms with Crippen LogP contribution in [0.15, 0.2) is 48.7 Å². The number of rotatable bonds is 7.